The molecule has 0 radical (unpaired) electrons. The molecule has 2 aromatic carbocycles. The molecule has 1 aliphatic heterocycles. The molecule has 0 bridgehead atoms. The minimum atomic E-state index is -0.750. The van der Waals surface area contributed by atoms with Gasteiger partial charge in [0.05, 0.1) is 21.7 Å². The van der Waals surface area contributed by atoms with E-state index in [9.17, 15) is 19.1 Å². The van der Waals surface area contributed by atoms with Crippen LogP contribution >= 0.6 is 34.4 Å². The van der Waals surface area contributed by atoms with Crippen LogP contribution in [0.15, 0.2) is 57.6 Å². The lowest BCUT2D eigenvalue weighted by Gasteiger charge is -2.15. The number of carbonyl (C=O) groups excluding carboxylic acids is 2. The summed E-state index contributed by atoms with van der Waals surface area (Å²) in [7, 11) is 0. The number of ether oxygens (including phenoxy) is 3. The first-order chi connectivity index (χ1) is 17.8. The molecule has 0 fully saturated rings. The van der Waals surface area contributed by atoms with Gasteiger partial charge in [0.25, 0.3) is 0 Å². The maximum absolute atomic E-state index is 14.0. The molecule has 0 aromatic heterocycles. The molecule has 1 amide bonds. The molecule has 3 rings (SSSR count). The van der Waals surface area contributed by atoms with E-state index >= 15 is 0 Å². The van der Waals surface area contributed by atoms with Crippen LogP contribution in [0.4, 0.5) is 4.39 Å². The first-order valence-electron chi connectivity index (χ1n) is 11.7. The van der Waals surface area contributed by atoms with Gasteiger partial charge in [-0.25, -0.2) is 14.2 Å². The molecule has 1 aliphatic rings. The Balaban J connectivity index is 1.97. The number of esters is 1. The zero-order chi connectivity index (χ0) is 26.9. The highest BCUT2D eigenvalue weighted by atomic mass is 127. The third kappa shape index (κ3) is 7.35. The molecule has 0 unspecified atom stereocenters. The van der Waals surface area contributed by atoms with Crippen LogP contribution in [0, 0.1) is 9.39 Å². The van der Waals surface area contributed by atoms with Crippen LogP contribution in [0.2, 0.25) is 0 Å². The van der Waals surface area contributed by atoms with Crippen molar-refractivity contribution in [1.82, 2.24) is 0 Å². The number of hydrogen-bond donors (Lipinski definition) is 1. The third-order valence-corrected chi connectivity index (χ3v) is 6.84. The summed E-state index contributed by atoms with van der Waals surface area (Å²) in [5.41, 5.74) is 0.942. The number of halogens is 2. The van der Waals surface area contributed by atoms with Gasteiger partial charge in [-0.15, -0.1) is 0 Å². The van der Waals surface area contributed by atoms with Crippen molar-refractivity contribution in [3.63, 3.8) is 0 Å². The Bertz CT molecular complexity index is 1270. The summed E-state index contributed by atoms with van der Waals surface area (Å²) in [6, 6.07) is 9.92. The SMILES string of the molecule is CCCC(=O)N=C1S/C(=C\c2cc(I)c(OCc3ccccc3F)c(OCC)c2)C(O)=C1C(=O)OCC. The summed E-state index contributed by atoms with van der Waals surface area (Å²) in [5.74, 6) is -0.886. The van der Waals surface area contributed by atoms with Gasteiger partial charge in [-0.1, -0.05) is 36.9 Å². The highest BCUT2D eigenvalue weighted by molar-refractivity contribution is 14.1. The number of aliphatic imine (C=N–C) groups is 1. The Morgan fingerprint density at radius 3 is 2.57 bits per heavy atom. The molecule has 10 heteroatoms. The summed E-state index contributed by atoms with van der Waals surface area (Å²) >= 11 is 3.12. The second-order valence-corrected chi connectivity index (χ2v) is 9.95. The fraction of sp³-hybridized carbons (Fsp3) is 0.296. The Labute approximate surface area is 232 Å². The van der Waals surface area contributed by atoms with Gasteiger partial charge in [-0.3, -0.25) is 4.79 Å². The van der Waals surface area contributed by atoms with E-state index < -0.39 is 5.97 Å². The third-order valence-electron chi connectivity index (χ3n) is 5.02. The lowest BCUT2D eigenvalue weighted by atomic mass is 10.1. The number of nitrogens with zero attached hydrogens (tertiary/aromatic N) is 1. The monoisotopic (exact) mass is 639 g/mol. The molecule has 7 nitrogen and oxygen atoms in total. The van der Waals surface area contributed by atoms with Gasteiger partial charge in [-0.05, 0) is 72.7 Å². The van der Waals surface area contributed by atoms with Crippen LogP contribution in [0.3, 0.4) is 0 Å². The van der Waals surface area contributed by atoms with E-state index in [2.05, 4.69) is 27.6 Å². The summed E-state index contributed by atoms with van der Waals surface area (Å²) in [6.45, 7) is 5.85. The van der Waals surface area contributed by atoms with Gasteiger partial charge >= 0.3 is 5.97 Å². The Hall–Kier alpha value is -2.86. The molecule has 0 aliphatic carbocycles. The van der Waals surface area contributed by atoms with Gasteiger partial charge < -0.3 is 19.3 Å². The maximum Gasteiger partial charge on any atom is 0.344 e. The topological polar surface area (TPSA) is 94.4 Å². The minimum absolute atomic E-state index is 0.0249. The number of rotatable bonds is 10. The lowest BCUT2D eigenvalue weighted by Crippen LogP contribution is -2.14. The summed E-state index contributed by atoms with van der Waals surface area (Å²) in [4.78, 5) is 29.0. The van der Waals surface area contributed by atoms with Crippen molar-refractivity contribution < 1.29 is 33.3 Å². The van der Waals surface area contributed by atoms with Crippen LogP contribution in [0.1, 0.15) is 44.7 Å². The molecular formula is C27H27FINO6S. The van der Waals surface area contributed by atoms with Crippen molar-refractivity contribution >= 4 is 57.3 Å². The number of amides is 1. The molecule has 0 saturated carbocycles. The predicted octanol–water partition coefficient (Wildman–Crippen LogP) is 6.60. The van der Waals surface area contributed by atoms with Gasteiger partial charge in [0.15, 0.2) is 11.5 Å². The first kappa shape index (κ1) is 28.7. The van der Waals surface area contributed by atoms with E-state index in [1.54, 1.807) is 37.3 Å². The van der Waals surface area contributed by atoms with Crippen molar-refractivity contribution in [3.05, 3.63) is 73.1 Å². The normalized spacial score (nSPS) is 15.4. The van der Waals surface area contributed by atoms with E-state index in [0.29, 0.717) is 44.1 Å². The highest BCUT2D eigenvalue weighted by Crippen LogP contribution is 2.41. The number of benzene rings is 2. The van der Waals surface area contributed by atoms with Crippen molar-refractivity contribution in [2.45, 2.75) is 40.2 Å². The molecule has 0 atom stereocenters. The van der Waals surface area contributed by atoms with E-state index in [0.717, 1.165) is 11.8 Å². The van der Waals surface area contributed by atoms with Crippen LogP contribution in [0.5, 0.6) is 11.5 Å². The lowest BCUT2D eigenvalue weighted by molar-refractivity contribution is -0.138. The molecule has 196 valence electrons. The smallest absolute Gasteiger partial charge is 0.344 e. The number of hydrogen-bond acceptors (Lipinski definition) is 7. The van der Waals surface area contributed by atoms with E-state index in [1.165, 1.54) is 6.07 Å². The first-order valence-corrected chi connectivity index (χ1v) is 13.6. The van der Waals surface area contributed by atoms with Crippen LogP contribution in [-0.4, -0.2) is 35.2 Å². The molecule has 0 saturated heterocycles. The minimum Gasteiger partial charge on any atom is -0.506 e. The molecule has 1 N–H and O–H groups in total. The molecule has 2 aromatic rings. The Morgan fingerprint density at radius 1 is 1.14 bits per heavy atom. The van der Waals surface area contributed by atoms with E-state index in [4.69, 9.17) is 14.2 Å². The average molecular weight is 639 g/mol. The van der Waals surface area contributed by atoms with Gasteiger partial charge in [0.1, 0.15) is 28.8 Å². The molecular weight excluding hydrogens is 612 g/mol. The van der Waals surface area contributed by atoms with E-state index in [-0.39, 0.29) is 47.7 Å². The summed E-state index contributed by atoms with van der Waals surface area (Å²) < 4.78 is 31.5. The predicted molar refractivity (Wildman–Crippen MR) is 150 cm³/mol. The number of aliphatic hydroxyl groups is 1. The second kappa shape index (κ2) is 13.6. The van der Waals surface area contributed by atoms with Crippen LogP contribution in [-0.2, 0) is 20.9 Å². The van der Waals surface area contributed by atoms with Crippen molar-refractivity contribution in [1.29, 1.82) is 0 Å². The average Bonchev–Trinajstić information content (AvgIpc) is 3.14. The van der Waals surface area contributed by atoms with Gasteiger partial charge in [-0.2, -0.15) is 0 Å². The summed E-state index contributed by atoms with van der Waals surface area (Å²) in [5, 5.41) is 11.0. The van der Waals surface area contributed by atoms with Crippen molar-refractivity contribution in [3.8, 4) is 11.5 Å². The highest BCUT2D eigenvalue weighted by Gasteiger charge is 2.33. The van der Waals surface area contributed by atoms with Gasteiger partial charge in [0.2, 0.25) is 5.91 Å². The largest absolute Gasteiger partial charge is 0.506 e. The maximum atomic E-state index is 14.0. The van der Waals surface area contributed by atoms with Crippen LogP contribution in [0.25, 0.3) is 6.08 Å². The zero-order valence-electron chi connectivity index (χ0n) is 20.7. The fourth-order valence-corrected chi connectivity index (χ4v) is 5.18. The molecule has 0 spiro atoms. The Kier molecular flexibility index (Phi) is 10.6. The van der Waals surface area contributed by atoms with Crippen molar-refractivity contribution in [2.75, 3.05) is 13.2 Å². The van der Waals surface area contributed by atoms with Gasteiger partial charge in [0, 0.05) is 12.0 Å². The van der Waals surface area contributed by atoms with Crippen molar-refractivity contribution in [2.24, 2.45) is 4.99 Å². The summed E-state index contributed by atoms with van der Waals surface area (Å²) in [6.07, 6.45) is 2.50. The number of thioether (sulfide) groups is 1. The fourth-order valence-electron chi connectivity index (χ4n) is 3.37. The number of carbonyl (C=O) groups is 2. The van der Waals surface area contributed by atoms with Crippen LogP contribution < -0.4 is 9.47 Å². The van der Waals surface area contributed by atoms with E-state index in [1.807, 2.05) is 19.9 Å². The second-order valence-electron chi connectivity index (χ2n) is 7.76. The standard InChI is InChI=1S/C27H27FINO6S/c1-4-9-22(31)30-26-23(27(33)35-6-3)24(32)21(37-26)14-16-12-19(29)25(20(13-16)34-5-2)36-15-17-10-7-8-11-18(17)28/h7-8,10-14,32H,4-6,9,15H2,1-3H3/b21-14-,30-26?. The molecule has 37 heavy (non-hydrogen) atoms. The number of aliphatic hydroxyl groups excluding tert-OH is 1. The Morgan fingerprint density at radius 2 is 1.89 bits per heavy atom. The quantitative estimate of drug-likeness (QED) is 0.232. The zero-order valence-corrected chi connectivity index (χ0v) is 23.7. The molecule has 1 heterocycles.